The van der Waals surface area contributed by atoms with E-state index in [1.54, 1.807) is 0 Å². The molecule has 2 aliphatic heterocycles. The summed E-state index contributed by atoms with van der Waals surface area (Å²) >= 11 is 6.51. The number of benzene rings is 3. The largest absolute Gasteiger partial charge is 0.347 e. The van der Waals surface area contributed by atoms with Crippen molar-refractivity contribution in [1.82, 2.24) is 14.4 Å². The van der Waals surface area contributed by atoms with Gasteiger partial charge in [-0.2, -0.15) is 0 Å². The molecule has 38 heavy (non-hydrogen) atoms. The molecule has 2 aliphatic rings. The van der Waals surface area contributed by atoms with Gasteiger partial charge >= 0.3 is 0 Å². The van der Waals surface area contributed by atoms with Crippen LogP contribution in [0.5, 0.6) is 0 Å². The fourth-order valence-corrected chi connectivity index (χ4v) is 6.85. The fourth-order valence-electron chi connectivity index (χ4n) is 6.65. The molecule has 4 heteroatoms. The lowest BCUT2D eigenvalue weighted by Gasteiger charge is -2.41. The van der Waals surface area contributed by atoms with E-state index in [0.29, 0.717) is 12.1 Å². The number of hydrogen-bond acceptors (Lipinski definition) is 2. The van der Waals surface area contributed by atoms with Crippen LogP contribution in [0, 0.1) is 0 Å². The van der Waals surface area contributed by atoms with E-state index in [2.05, 4.69) is 89.0 Å². The minimum absolute atomic E-state index is 0.622. The standard InChI is InChI=1S/C34H40ClN3/c1-3-5-18-37-24-32(27-13-10-25(4-2)11-14-27)31-19-26(12-17-34(31)37)20-36-22-29-15-16-30(23-36)38(29)21-28-8-6-7-9-33(28)35/h6-14,17,19,24,29-30H,3-5,15-16,18,20-23H2,1-2H3. The highest BCUT2D eigenvalue weighted by atomic mass is 35.5. The molecule has 3 aromatic carbocycles. The summed E-state index contributed by atoms with van der Waals surface area (Å²) < 4.78 is 2.47. The predicted octanol–water partition coefficient (Wildman–Crippen LogP) is 8.17. The van der Waals surface area contributed by atoms with E-state index in [4.69, 9.17) is 11.6 Å². The number of rotatable bonds is 9. The average Bonchev–Trinajstić information content (AvgIpc) is 3.41. The van der Waals surface area contributed by atoms with E-state index in [1.165, 1.54) is 64.4 Å². The molecule has 2 unspecified atom stereocenters. The third kappa shape index (κ3) is 5.17. The van der Waals surface area contributed by atoms with Crippen LogP contribution in [0.4, 0.5) is 0 Å². The monoisotopic (exact) mass is 525 g/mol. The molecule has 4 aromatic rings. The first-order chi connectivity index (χ1) is 18.6. The molecule has 0 aliphatic carbocycles. The van der Waals surface area contributed by atoms with E-state index in [0.717, 1.165) is 44.2 Å². The second-order valence-corrected chi connectivity index (χ2v) is 11.7. The molecule has 2 bridgehead atoms. The first-order valence-electron chi connectivity index (χ1n) is 14.6. The van der Waals surface area contributed by atoms with E-state index in [1.807, 2.05) is 12.1 Å². The van der Waals surface area contributed by atoms with Crippen LogP contribution in [0.3, 0.4) is 0 Å². The third-order valence-corrected chi connectivity index (χ3v) is 9.17. The van der Waals surface area contributed by atoms with Crippen LogP contribution in [0.25, 0.3) is 22.0 Å². The molecule has 3 heterocycles. The van der Waals surface area contributed by atoms with Gasteiger partial charge in [-0.05, 0) is 66.1 Å². The summed E-state index contributed by atoms with van der Waals surface area (Å²) in [6, 6.07) is 26.0. The molecule has 0 saturated carbocycles. The Morgan fingerprint density at radius 3 is 2.29 bits per heavy atom. The molecule has 2 saturated heterocycles. The second kappa shape index (κ2) is 11.3. The number of unbranched alkanes of at least 4 members (excludes halogenated alkanes) is 1. The van der Waals surface area contributed by atoms with Gasteiger partial charge in [0.05, 0.1) is 0 Å². The maximum Gasteiger partial charge on any atom is 0.0486 e. The molecule has 1 aromatic heterocycles. The van der Waals surface area contributed by atoms with Gasteiger partial charge in [-0.15, -0.1) is 0 Å². The molecule has 2 atom stereocenters. The van der Waals surface area contributed by atoms with Crippen molar-refractivity contribution in [2.24, 2.45) is 0 Å². The topological polar surface area (TPSA) is 11.4 Å². The highest BCUT2D eigenvalue weighted by Gasteiger charge is 2.39. The normalized spacial score (nSPS) is 20.0. The number of likely N-dealkylation sites (tertiary alicyclic amines) is 1. The zero-order chi connectivity index (χ0) is 26.1. The number of halogens is 1. The number of hydrogen-bond donors (Lipinski definition) is 0. The fraction of sp³-hybridized carbons (Fsp3) is 0.412. The number of aryl methyl sites for hydroxylation is 2. The van der Waals surface area contributed by atoms with Gasteiger partial charge in [-0.3, -0.25) is 9.80 Å². The van der Waals surface area contributed by atoms with Crippen molar-refractivity contribution in [3.63, 3.8) is 0 Å². The van der Waals surface area contributed by atoms with Gasteiger partial charge in [0.15, 0.2) is 0 Å². The van der Waals surface area contributed by atoms with Crippen molar-refractivity contribution in [2.45, 2.75) is 77.7 Å². The van der Waals surface area contributed by atoms with Crippen LogP contribution in [-0.4, -0.2) is 39.5 Å². The van der Waals surface area contributed by atoms with Crippen LogP contribution in [-0.2, 0) is 26.1 Å². The molecule has 0 N–H and O–H groups in total. The van der Waals surface area contributed by atoms with Gasteiger partial charge in [0, 0.05) is 72.5 Å². The lowest BCUT2D eigenvalue weighted by Crippen LogP contribution is -2.52. The SMILES string of the molecule is CCCCn1cc(-c2ccc(CC)cc2)c2cc(CN3CC4CCC(C3)N4Cc3ccccc3Cl)ccc21. The van der Waals surface area contributed by atoms with E-state index < -0.39 is 0 Å². The Labute approximate surface area is 233 Å². The quantitative estimate of drug-likeness (QED) is 0.218. The smallest absolute Gasteiger partial charge is 0.0486 e. The highest BCUT2D eigenvalue weighted by molar-refractivity contribution is 6.31. The highest BCUT2D eigenvalue weighted by Crippen LogP contribution is 2.35. The van der Waals surface area contributed by atoms with Crippen molar-refractivity contribution >= 4 is 22.5 Å². The van der Waals surface area contributed by atoms with Crippen LogP contribution in [0.2, 0.25) is 5.02 Å². The zero-order valence-electron chi connectivity index (χ0n) is 22.9. The van der Waals surface area contributed by atoms with Gasteiger partial charge in [-0.1, -0.05) is 80.4 Å². The van der Waals surface area contributed by atoms with E-state index >= 15 is 0 Å². The van der Waals surface area contributed by atoms with E-state index in [9.17, 15) is 0 Å². The van der Waals surface area contributed by atoms with Crippen molar-refractivity contribution in [1.29, 1.82) is 0 Å². The minimum Gasteiger partial charge on any atom is -0.347 e. The summed E-state index contributed by atoms with van der Waals surface area (Å²) in [5.74, 6) is 0. The van der Waals surface area contributed by atoms with Gasteiger partial charge < -0.3 is 4.57 Å². The summed E-state index contributed by atoms with van der Waals surface area (Å²) in [7, 11) is 0. The summed E-state index contributed by atoms with van der Waals surface area (Å²) in [6.45, 7) is 9.85. The Balaban J connectivity index is 1.23. The number of piperazine rings is 1. The maximum absolute atomic E-state index is 6.51. The molecule has 3 nitrogen and oxygen atoms in total. The van der Waals surface area contributed by atoms with Gasteiger partial charge in [0.2, 0.25) is 0 Å². The minimum atomic E-state index is 0.622. The molecule has 6 rings (SSSR count). The van der Waals surface area contributed by atoms with Crippen LogP contribution >= 0.6 is 11.6 Å². The molecule has 198 valence electrons. The van der Waals surface area contributed by atoms with Gasteiger partial charge in [0.1, 0.15) is 0 Å². The Morgan fingerprint density at radius 2 is 1.58 bits per heavy atom. The van der Waals surface area contributed by atoms with Crippen molar-refractivity contribution in [2.75, 3.05) is 13.1 Å². The first kappa shape index (κ1) is 25.7. The Hall–Kier alpha value is -2.59. The van der Waals surface area contributed by atoms with E-state index in [-0.39, 0.29) is 0 Å². The van der Waals surface area contributed by atoms with Crippen molar-refractivity contribution < 1.29 is 0 Å². The van der Waals surface area contributed by atoms with Gasteiger partial charge in [0.25, 0.3) is 0 Å². The number of fused-ring (bicyclic) bond motifs is 3. The van der Waals surface area contributed by atoms with Crippen LogP contribution in [0.15, 0.2) is 72.9 Å². The zero-order valence-corrected chi connectivity index (χ0v) is 23.6. The Bertz CT molecular complexity index is 1370. The molecule has 0 radical (unpaired) electrons. The lowest BCUT2D eigenvalue weighted by molar-refractivity contribution is 0.0567. The lowest BCUT2D eigenvalue weighted by atomic mass is 10.0. The average molecular weight is 526 g/mol. The second-order valence-electron chi connectivity index (χ2n) is 11.3. The summed E-state index contributed by atoms with van der Waals surface area (Å²) in [5, 5.41) is 2.29. The third-order valence-electron chi connectivity index (χ3n) is 8.80. The summed E-state index contributed by atoms with van der Waals surface area (Å²) in [4.78, 5) is 5.41. The molecule has 0 amide bonds. The molecular weight excluding hydrogens is 486 g/mol. The number of aromatic nitrogens is 1. The van der Waals surface area contributed by atoms with Gasteiger partial charge in [-0.25, -0.2) is 0 Å². The molecule has 0 spiro atoms. The predicted molar refractivity (Wildman–Crippen MR) is 161 cm³/mol. The molecular formula is C34H40ClN3. The summed E-state index contributed by atoms with van der Waals surface area (Å²) in [5.41, 5.74) is 8.14. The van der Waals surface area contributed by atoms with Crippen molar-refractivity contribution in [3.8, 4) is 11.1 Å². The Kier molecular flexibility index (Phi) is 7.61. The Morgan fingerprint density at radius 1 is 0.842 bits per heavy atom. The number of nitrogens with zero attached hydrogens (tertiary/aromatic N) is 3. The first-order valence-corrected chi connectivity index (χ1v) is 14.9. The summed E-state index contributed by atoms with van der Waals surface area (Å²) in [6.07, 6.45) is 8.48. The maximum atomic E-state index is 6.51. The van der Waals surface area contributed by atoms with Crippen LogP contribution in [0.1, 0.15) is 56.2 Å². The van der Waals surface area contributed by atoms with Crippen LogP contribution < -0.4 is 0 Å². The molecule has 2 fully saturated rings. The van der Waals surface area contributed by atoms with Crippen molar-refractivity contribution in [3.05, 3.63) is 94.6 Å².